The summed E-state index contributed by atoms with van der Waals surface area (Å²) in [5, 5.41) is 2.93. The fraction of sp³-hybridized carbons (Fsp3) is 0.364. The standard InChI is InChI=1S/C22H26N4O2/c27-21(17-28-18-9-3-1-4-10-18)24-22-23-19-11-5-6-12-20(19)26(22)16-15-25-13-7-2-8-14-25/h1,3-6,9-12H,2,7-8,13-17H2,(H,23,24,27). The van der Waals surface area contributed by atoms with E-state index in [1.54, 1.807) is 0 Å². The van der Waals surface area contributed by atoms with E-state index >= 15 is 0 Å². The molecule has 3 aromatic rings. The highest BCUT2D eigenvalue weighted by Gasteiger charge is 2.16. The maximum absolute atomic E-state index is 12.4. The van der Waals surface area contributed by atoms with Crippen LogP contribution in [0.1, 0.15) is 19.3 Å². The third-order valence-electron chi connectivity index (χ3n) is 5.11. The lowest BCUT2D eigenvalue weighted by molar-refractivity contribution is -0.118. The first-order chi connectivity index (χ1) is 13.8. The summed E-state index contributed by atoms with van der Waals surface area (Å²) in [4.78, 5) is 19.5. The number of carbonyl (C=O) groups excluding carboxylic acids is 1. The number of anilines is 1. The molecule has 0 saturated carbocycles. The van der Waals surface area contributed by atoms with Crippen LogP contribution >= 0.6 is 0 Å². The highest BCUT2D eigenvalue weighted by Crippen LogP contribution is 2.20. The fourth-order valence-corrected chi connectivity index (χ4v) is 3.65. The van der Waals surface area contributed by atoms with Gasteiger partial charge in [0.25, 0.3) is 5.91 Å². The van der Waals surface area contributed by atoms with Gasteiger partial charge in [0.1, 0.15) is 5.75 Å². The van der Waals surface area contributed by atoms with Gasteiger partial charge in [-0.05, 0) is 50.2 Å². The molecule has 0 radical (unpaired) electrons. The molecule has 0 spiro atoms. The number of amides is 1. The highest BCUT2D eigenvalue weighted by molar-refractivity contribution is 5.92. The van der Waals surface area contributed by atoms with Gasteiger partial charge in [0.15, 0.2) is 6.61 Å². The van der Waals surface area contributed by atoms with Crippen molar-refractivity contribution < 1.29 is 9.53 Å². The van der Waals surface area contributed by atoms with Crippen molar-refractivity contribution in [2.75, 3.05) is 31.6 Å². The minimum Gasteiger partial charge on any atom is -0.484 e. The van der Waals surface area contributed by atoms with Crippen molar-refractivity contribution in [1.29, 1.82) is 0 Å². The van der Waals surface area contributed by atoms with E-state index in [-0.39, 0.29) is 12.5 Å². The topological polar surface area (TPSA) is 59.4 Å². The van der Waals surface area contributed by atoms with Crippen LogP contribution in [0.5, 0.6) is 5.75 Å². The second kappa shape index (κ2) is 8.89. The number of carbonyl (C=O) groups is 1. The van der Waals surface area contributed by atoms with E-state index in [2.05, 4.69) is 25.8 Å². The van der Waals surface area contributed by atoms with Crippen molar-refractivity contribution in [3.8, 4) is 5.75 Å². The van der Waals surface area contributed by atoms with Crippen molar-refractivity contribution in [2.45, 2.75) is 25.8 Å². The van der Waals surface area contributed by atoms with E-state index in [0.29, 0.717) is 11.7 Å². The predicted octanol–water partition coefficient (Wildman–Crippen LogP) is 3.54. The van der Waals surface area contributed by atoms with E-state index in [1.807, 2.05) is 48.5 Å². The number of benzene rings is 2. The summed E-state index contributed by atoms with van der Waals surface area (Å²) >= 11 is 0. The Morgan fingerprint density at radius 1 is 0.964 bits per heavy atom. The summed E-state index contributed by atoms with van der Waals surface area (Å²) in [6.45, 7) is 4.03. The first-order valence-electron chi connectivity index (χ1n) is 9.95. The number of ether oxygens (including phenoxy) is 1. The minimum atomic E-state index is -0.210. The molecule has 1 amide bonds. The molecule has 1 aliphatic rings. The van der Waals surface area contributed by atoms with E-state index in [4.69, 9.17) is 4.74 Å². The third-order valence-corrected chi connectivity index (χ3v) is 5.11. The molecule has 1 saturated heterocycles. The van der Waals surface area contributed by atoms with Crippen LogP contribution in [-0.2, 0) is 11.3 Å². The summed E-state index contributed by atoms with van der Waals surface area (Å²) in [6.07, 6.45) is 3.86. The number of imidazole rings is 1. The fourth-order valence-electron chi connectivity index (χ4n) is 3.65. The van der Waals surface area contributed by atoms with Gasteiger partial charge in [-0.3, -0.25) is 10.1 Å². The Hall–Kier alpha value is -2.86. The molecule has 1 fully saturated rings. The Morgan fingerprint density at radius 2 is 1.71 bits per heavy atom. The monoisotopic (exact) mass is 378 g/mol. The lowest BCUT2D eigenvalue weighted by Gasteiger charge is -2.26. The number of likely N-dealkylation sites (tertiary alicyclic amines) is 1. The van der Waals surface area contributed by atoms with Gasteiger partial charge >= 0.3 is 0 Å². The number of piperidine rings is 1. The number of nitrogens with one attached hydrogen (secondary N) is 1. The lowest BCUT2D eigenvalue weighted by atomic mass is 10.1. The van der Waals surface area contributed by atoms with Crippen LogP contribution < -0.4 is 10.1 Å². The maximum Gasteiger partial charge on any atom is 0.264 e. The summed E-state index contributed by atoms with van der Waals surface area (Å²) < 4.78 is 7.65. The predicted molar refractivity (Wildman–Crippen MR) is 111 cm³/mol. The smallest absolute Gasteiger partial charge is 0.264 e. The molecule has 0 unspecified atom stereocenters. The molecule has 1 N–H and O–H groups in total. The zero-order valence-corrected chi connectivity index (χ0v) is 16.0. The average Bonchev–Trinajstić information content (AvgIpc) is 3.09. The van der Waals surface area contributed by atoms with Crippen molar-refractivity contribution in [1.82, 2.24) is 14.5 Å². The number of fused-ring (bicyclic) bond motifs is 1. The molecule has 28 heavy (non-hydrogen) atoms. The van der Waals surface area contributed by atoms with Crippen LogP contribution in [0.25, 0.3) is 11.0 Å². The second-order valence-corrected chi connectivity index (χ2v) is 7.13. The van der Waals surface area contributed by atoms with Crippen molar-refractivity contribution in [2.24, 2.45) is 0 Å². The molecule has 146 valence electrons. The zero-order valence-electron chi connectivity index (χ0n) is 16.0. The molecular weight excluding hydrogens is 352 g/mol. The Bertz CT molecular complexity index is 917. The molecule has 1 aliphatic heterocycles. The van der Waals surface area contributed by atoms with Crippen LogP contribution in [0.4, 0.5) is 5.95 Å². The van der Waals surface area contributed by atoms with E-state index in [0.717, 1.165) is 37.2 Å². The van der Waals surface area contributed by atoms with Gasteiger partial charge in [0.2, 0.25) is 5.95 Å². The number of nitrogens with zero attached hydrogens (tertiary/aromatic N) is 3. The first kappa shape index (κ1) is 18.5. The molecular formula is C22H26N4O2. The van der Waals surface area contributed by atoms with E-state index in [1.165, 1.54) is 19.3 Å². The van der Waals surface area contributed by atoms with Crippen LogP contribution in [-0.4, -0.2) is 46.6 Å². The minimum absolute atomic E-state index is 0.0423. The first-order valence-corrected chi connectivity index (χ1v) is 9.95. The van der Waals surface area contributed by atoms with Gasteiger partial charge < -0.3 is 14.2 Å². The van der Waals surface area contributed by atoms with Gasteiger partial charge in [-0.1, -0.05) is 36.8 Å². The number of para-hydroxylation sites is 3. The summed E-state index contributed by atoms with van der Waals surface area (Å²) in [5.41, 5.74) is 1.93. The van der Waals surface area contributed by atoms with E-state index in [9.17, 15) is 4.79 Å². The molecule has 1 aromatic heterocycles. The van der Waals surface area contributed by atoms with Crippen LogP contribution in [0.3, 0.4) is 0 Å². The quantitative estimate of drug-likeness (QED) is 0.683. The summed E-state index contributed by atoms with van der Waals surface area (Å²) in [6, 6.07) is 17.3. The van der Waals surface area contributed by atoms with Gasteiger partial charge in [0, 0.05) is 13.1 Å². The molecule has 0 aliphatic carbocycles. The Balaban J connectivity index is 1.45. The van der Waals surface area contributed by atoms with Crippen molar-refractivity contribution in [3.63, 3.8) is 0 Å². The van der Waals surface area contributed by atoms with Crippen molar-refractivity contribution >= 4 is 22.9 Å². The Kier molecular flexibility index (Phi) is 5.87. The molecule has 6 heteroatoms. The molecule has 0 atom stereocenters. The van der Waals surface area contributed by atoms with Crippen LogP contribution in [0.2, 0.25) is 0 Å². The van der Waals surface area contributed by atoms with Crippen LogP contribution in [0.15, 0.2) is 54.6 Å². The molecule has 6 nitrogen and oxygen atoms in total. The van der Waals surface area contributed by atoms with Gasteiger partial charge in [-0.15, -0.1) is 0 Å². The number of hydrogen-bond donors (Lipinski definition) is 1. The molecule has 4 rings (SSSR count). The third kappa shape index (κ3) is 4.51. The summed E-state index contributed by atoms with van der Waals surface area (Å²) in [7, 11) is 0. The number of aromatic nitrogens is 2. The van der Waals surface area contributed by atoms with Gasteiger partial charge in [-0.25, -0.2) is 4.98 Å². The maximum atomic E-state index is 12.4. The lowest BCUT2D eigenvalue weighted by Crippen LogP contribution is -2.33. The molecule has 2 aromatic carbocycles. The average molecular weight is 378 g/mol. The number of hydrogen-bond acceptors (Lipinski definition) is 4. The Labute approximate surface area is 165 Å². The van der Waals surface area contributed by atoms with E-state index < -0.39 is 0 Å². The highest BCUT2D eigenvalue weighted by atomic mass is 16.5. The van der Waals surface area contributed by atoms with Crippen LogP contribution in [0, 0.1) is 0 Å². The largest absolute Gasteiger partial charge is 0.484 e. The van der Waals surface area contributed by atoms with Crippen molar-refractivity contribution in [3.05, 3.63) is 54.6 Å². The van der Waals surface area contributed by atoms with Gasteiger partial charge in [-0.2, -0.15) is 0 Å². The second-order valence-electron chi connectivity index (χ2n) is 7.13. The zero-order chi connectivity index (χ0) is 19.2. The normalized spacial score (nSPS) is 14.9. The SMILES string of the molecule is O=C(COc1ccccc1)Nc1nc2ccccc2n1CCN1CCCCC1. The number of rotatable bonds is 7. The Morgan fingerprint density at radius 3 is 2.54 bits per heavy atom. The van der Waals surface area contributed by atoms with Gasteiger partial charge in [0.05, 0.1) is 11.0 Å². The summed E-state index contributed by atoms with van der Waals surface area (Å²) in [5.74, 6) is 1.05. The molecule has 0 bridgehead atoms. The molecule has 2 heterocycles.